The van der Waals surface area contributed by atoms with Crippen molar-refractivity contribution < 1.29 is 0 Å². The molecule has 7 heteroatoms. The van der Waals surface area contributed by atoms with Crippen LogP contribution in [0, 0.1) is 96.9 Å². The van der Waals surface area contributed by atoms with Crippen LogP contribution in [0.1, 0.15) is 101 Å². The molecule has 6 aromatic heterocycles. The Morgan fingerprint density at radius 3 is 0.701 bits per heavy atom. The summed E-state index contributed by atoms with van der Waals surface area (Å²) in [6.45, 7) is 31.6. The number of benzene rings is 4. The Kier molecular flexibility index (Phi) is 13.1. The fourth-order valence-electron chi connectivity index (χ4n) is 12.6. The van der Waals surface area contributed by atoms with Gasteiger partial charge in [-0.2, -0.15) is 0 Å². The summed E-state index contributed by atoms with van der Waals surface area (Å²) < 4.78 is 12.5. The van der Waals surface area contributed by atoms with Crippen LogP contribution in [0.25, 0.3) is 116 Å². The lowest BCUT2D eigenvalue weighted by atomic mass is 9.93. The minimum Gasteiger partial charge on any atom is -0.248 e. The van der Waals surface area contributed by atoms with Crippen LogP contribution in [0.3, 0.4) is 0 Å². The molecule has 2 nitrogen and oxygen atoms in total. The van der Waals surface area contributed by atoms with E-state index in [1.165, 1.54) is 169 Å². The Morgan fingerprint density at radius 1 is 0.221 bits per heavy atom. The second-order valence-corrected chi connectivity index (χ2v) is 27.1. The van der Waals surface area contributed by atoms with E-state index in [4.69, 9.17) is 9.97 Å². The summed E-state index contributed by atoms with van der Waals surface area (Å²) in [6, 6.07) is 37.5. The number of hydrogen-bond donors (Lipinski definition) is 0. The first-order valence-electron chi connectivity index (χ1n) is 26.5. The predicted molar refractivity (Wildman–Crippen MR) is 347 cm³/mol. The van der Waals surface area contributed by atoms with Crippen LogP contribution >= 0.6 is 56.7 Å². The van der Waals surface area contributed by atoms with Gasteiger partial charge in [-0.3, -0.25) is 0 Å². The van der Waals surface area contributed by atoms with E-state index in [2.05, 4.69) is 218 Å². The first-order valence-corrected chi connectivity index (χ1v) is 30.6. The number of fused-ring (bicyclic) bond motifs is 17. The predicted octanol–water partition coefficient (Wildman–Crippen LogP) is 22.4. The van der Waals surface area contributed by atoms with Crippen LogP contribution in [-0.2, 0) is 0 Å². The second kappa shape index (κ2) is 19.7. The molecule has 2 aliphatic heterocycles. The molecule has 2 aliphatic rings. The van der Waals surface area contributed by atoms with Crippen molar-refractivity contribution in [1.82, 2.24) is 9.97 Å². The number of nitrogens with zero attached hydrogens (tertiary/aromatic N) is 2. The van der Waals surface area contributed by atoms with Gasteiger partial charge in [0.05, 0.1) is 22.8 Å². The Hall–Kier alpha value is -6.58. The fourth-order valence-corrected chi connectivity index (χ4v) is 18.6. The van der Waals surface area contributed by atoms with Crippen LogP contribution in [0.5, 0.6) is 0 Å². The van der Waals surface area contributed by atoms with Crippen molar-refractivity contribution >= 4 is 128 Å². The van der Waals surface area contributed by atoms with Crippen molar-refractivity contribution in [2.45, 2.75) is 96.9 Å². The van der Waals surface area contributed by atoms with Crippen molar-refractivity contribution in [1.29, 1.82) is 0 Å². The number of rotatable bonds is 4. The maximum atomic E-state index is 5.78. The van der Waals surface area contributed by atoms with E-state index >= 15 is 0 Å². The molecule has 0 amide bonds. The summed E-state index contributed by atoms with van der Waals surface area (Å²) >= 11 is 9.43. The highest BCUT2D eigenvalue weighted by Gasteiger charge is 2.23. The van der Waals surface area contributed by atoms with Crippen LogP contribution in [-0.4, -0.2) is 9.97 Å². The van der Waals surface area contributed by atoms with Crippen molar-refractivity contribution in [2.24, 2.45) is 0 Å². The molecule has 0 unspecified atom stereocenters. The summed E-state index contributed by atoms with van der Waals surface area (Å²) in [5.74, 6) is 0. The maximum absolute atomic E-state index is 5.78. The Morgan fingerprint density at radius 2 is 0.442 bits per heavy atom. The molecule has 0 spiro atoms. The van der Waals surface area contributed by atoms with Crippen LogP contribution in [0.2, 0.25) is 0 Å². The fraction of sp³-hybridized carbons (Fsp3) is 0.200. The molecular weight excluding hydrogens is 1030 g/mol. The quantitative estimate of drug-likeness (QED) is 0.176. The SMILES string of the molecule is Cc1cc(C)c(-c2c3nc(c(-c4c(C)cc(C)cc4C)c4cc(C)c(s4)c4sc(cc4C)c(-c4c(C)cc(C)cc4C)c4nc(c(-c5c(C)cc(C)cc5C)c5ccc(s5)c5ccc(s5)c5ccc2s5)C=C4)C=C3)c(C)c1. The first kappa shape index (κ1) is 51.2. The topological polar surface area (TPSA) is 25.8 Å². The van der Waals surface area contributed by atoms with Crippen molar-refractivity contribution in [3.63, 3.8) is 0 Å². The van der Waals surface area contributed by atoms with E-state index in [1.54, 1.807) is 0 Å². The Bertz CT molecular complexity index is 4170. The molecule has 0 aliphatic carbocycles. The second-order valence-electron chi connectivity index (χ2n) is 21.8. The average molecular weight is 1090 g/mol. The molecule has 12 rings (SSSR count). The highest BCUT2D eigenvalue weighted by atomic mass is 32.1. The van der Waals surface area contributed by atoms with Gasteiger partial charge in [0.25, 0.3) is 0 Å². The van der Waals surface area contributed by atoms with Crippen molar-refractivity contribution in [2.75, 3.05) is 0 Å². The van der Waals surface area contributed by atoms with Gasteiger partial charge in [-0.25, -0.2) is 9.97 Å². The largest absolute Gasteiger partial charge is 0.248 e. The number of hydrogen-bond acceptors (Lipinski definition) is 7. The van der Waals surface area contributed by atoms with E-state index in [0.717, 1.165) is 22.8 Å². The minimum atomic E-state index is 0.998. The third-order valence-corrected chi connectivity index (χ3v) is 21.7. The number of aryl methyl sites for hydroxylation is 14. The third kappa shape index (κ3) is 9.08. The molecule has 77 heavy (non-hydrogen) atoms. The molecule has 8 heterocycles. The summed E-state index contributed by atoms with van der Waals surface area (Å²) in [4.78, 5) is 11.6. The highest BCUT2D eigenvalue weighted by molar-refractivity contribution is 7.34. The van der Waals surface area contributed by atoms with Crippen molar-refractivity contribution in [3.8, 4) is 44.5 Å². The zero-order chi connectivity index (χ0) is 53.9. The smallest absolute Gasteiger partial charge is 0.0730 e. The van der Waals surface area contributed by atoms with Crippen LogP contribution in [0.4, 0.5) is 0 Å². The van der Waals surface area contributed by atoms with Gasteiger partial charge >= 0.3 is 0 Å². The molecule has 0 radical (unpaired) electrons. The van der Waals surface area contributed by atoms with E-state index < -0.39 is 0 Å². The standard InChI is InChI=1S/C70H62N2S5/c1-35-25-39(5)61(40(6)26-35)65-49-15-17-51(71-49)67(63-43(9)29-37(3)30-44(63)10)59-33-47(13)69(76-59)70-48(14)34-60(77-70)68(64-45(11)31-38(4)32-46(64)12)52-18-16-50(72-52)66(62-41(7)27-36(2)28-42(62)8)58-24-22-56(75-58)54-20-19-53(73-54)55-21-23-57(65)74-55/h15-34H,1-14H3. The molecule has 0 fully saturated rings. The monoisotopic (exact) mass is 1090 g/mol. The van der Waals surface area contributed by atoms with E-state index in [-0.39, 0.29) is 0 Å². The molecule has 14 bridgehead atoms. The molecule has 0 saturated carbocycles. The summed E-state index contributed by atoms with van der Waals surface area (Å²) in [5, 5.41) is 0. The van der Waals surface area contributed by atoms with Gasteiger partial charge in [0.2, 0.25) is 0 Å². The van der Waals surface area contributed by atoms with Gasteiger partial charge in [-0.15, -0.1) is 56.7 Å². The van der Waals surface area contributed by atoms with Gasteiger partial charge < -0.3 is 0 Å². The lowest BCUT2D eigenvalue weighted by Gasteiger charge is -2.14. The summed E-state index contributed by atoms with van der Waals surface area (Å²) in [5.41, 5.74) is 31.5. The molecule has 0 N–H and O–H groups in total. The molecule has 10 aromatic rings. The summed E-state index contributed by atoms with van der Waals surface area (Å²) in [6.07, 6.45) is 9.12. The van der Waals surface area contributed by atoms with Gasteiger partial charge in [0.15, 0.2) is 0 Å². The number of aromatic nitrogens is 2. The molecule has 4 aromatic carbocycles. The maximum Gasteiger partial charge on any atom is 0.0730 e. The van der Waals surface area contributed by atoms with Gasteiger partial charge in [0, 0.05) is 69.3 Å². The number of thiophene rings is 5. The van der Waals surface area contributed by atoms with E-state index in [0.29, 0.717) is 0 Å². The van der Waals surface area contributed by atoms with Crippen molar-refractivity contribution in [3.05, 3.63) is 198 Å². The Balaban J connectivity index is 1.28. The zero-order valence-corrected chi connectivity index (χ0v) is 50.6. The third-order valence-electron chi connectivity index (χ3n) is 15.3. The summed E-state index contributed by atoms with van der Waals surface area (Å²) in [7, 11) is 0. The normalized spacial score (nSPS) is 12.2. The average Bonchev–Trinajstić information content (AvgIpc) is 4.22. The van der Waals surface area contributed by atoms with Gasteiger partial charge in [0.1, 0.15) is 0 Å². The molecule has 382 valence electrons. The molecule has 0 saturated heterocycles. The van der Waals surface area contributed by atoms with Crippen LogP contribution < -0.4 is 0 Å². The molecular formula is C70H62N2S5. The Labute approximate surface area is 473 Å². The minimum absolute atomic E-state index is 0.998. The zero-order valence-electron chi connectivity index (χ0n) is 46.5. The van der Waals surface area contributed by atoms with Gasteiger partial charge in [-0.1, -0.05) is 70.8 Å². The van der Waals surface area contributed by atoms with Gasteiger partial charge in [-0.05, 0) is 248 Å². The lowest BCUT2D eigenvalue weighted by Crippen LogP contribution is -1.94. The molecule has 0 atom stereocenters. The highest BCUT2D eigenvalue weighted by Crippen LogP contribution is 2.47. The first-order chi connectivity index (χ1) is 36.9. The van der Waals surface area contributed by atoms with E-state index in [1.807, 2.05) is 56.7 Å². The van der Waals surface area contributed by atoms with Crippen LogP contribution in [0.15, 0.2) is 97.1 Å². The van der Waals surface area contributed by atoms with E-state index in [9.17, 15) is 0 Å². The lowest BCUT2D eigenvalue weighted by molar-refractivity contribution is 1.28.